The van der Waals surface area contributed by atoms with Gasteiger partial charge in [0.1, 0.15) is 17.8 Å². The molecule has 0 bridgehead atoms. The predicted octanol–water partition coefficient (Wildman–Crippen LogP) is 3.85. The number of likely N-dealkylation sites (tertiary alicyclic amines) is 1. The highest BCUT2D eigenvalue weighted by atomic mass is 35.5. The Morgan fingerprint density at radius 1 is 1.18 bits per heavy atom. The smallest absolute Gasteiger partial charge is 0.261 e. The Labute approximate surface area is 232 Å². The first-order valence-electron chi connectivity index (χ1n) is 12.8. The molecular weight excluding hydrogens is 547 g/mol. The van der Waals surface area contributed by atoms with Crippen LogP contribution in [0, 0.1) is 17.6 Å². The second-order valence-corrected chi connectivity index (χ2v) is 11.1. The summed E-state index contributed by atoms with van der Waals surface area (Å²) in [5, 5.41) is 12.2. The van der Waals surface area contributed by atoms with E-state index in [1.807, 2.05) is 0 Å². The van der Waals surface area contributed by atoms with Crippen molar-refractivity contribution in [2.75, 3.05) is 29.9 Å². The number of rotatable bonds is 6. The van der Waals surface area contributed by atoms with E-state index in [4.69, 9.17) is 11.6 Å². The van der Waals surface area contributed by atoms with E-state index in [0.29, 0.717) is 5.56 Å². The molecule has 1 saturated carbocycles. The fourth-order valence-electron chi connectivity index (χ4n) is 5.50. The Bertz CT molecular complexity index is 1520. The van der Waals surface area contributed by atoms with Crippen molar-refractivity contribution in [1.29, 1.82) is 0 Å². The van der Waals surface area contributed by atoms with Crippen molar-refractivity contribution >= 4 is 35.1 Å². The number of anilines is 2. The highest BCUT2D eigenvalue weighted by molar-refractivity contribution is 6.30. The number of aliphatic hydroxyl groups excluding tert-OH is 1. The molecule has 8 nitrogen and oxygen atoms in total. The molecule has 1 aliphatic carbocycles. The number of amides is 2. The Balaban J connectivity index is 1.37. The fraction of sp³-hybridized carbons (Fsp3) is 0.357. The van der Waals surface area contributed by atoms with Crippen LogP contribution in [-0.4, -0.2) is 63.6 Å². The third-order valence-electron chi connectivity index (χ3n) is 7.90. The summed E-state index contributed by atoms with van der Waals surface area (Å²) >= 11 is 6.11. The van der Waals surface area contributed by atoms with E-state index in [0.717, 1.165) is 0 Å². The minimum Gasteiger partial charge on any atom is -0.392 e. The van der Waals surface area contributed by atoms with Crippen molar-refractivity contribution in [2.45, 2.75) is 37.6 Å². The molecule has 0 radical (unpaired) electrons. The lowest BCUT2D eigenvalue weighted by molar-refractivity contribution is -0.136. The van der Waals surface area contributed by atoms with Crippen molar-refractivity contribution in [3.05, 3.63) is 81.6 Å². The molecule has 4 heterocycles. The number of pyridine rings is 2. The zero-order chi connectivity index (χ0) is 28.3. The molecule has 2 N–H and O–H groups in total. The number of halogens is 4. The molecule has 12 heteroatoms. The van der Waals surface area contributed by atoms with Crippen LogP contribution >= 0.6 is 11.6 Å². The summed E-state index contributed by atoms with van der Waals surface area (Å²) in [4.78, 5) is 37.2. The molecular formula is C28H25ClF3N5O3. The number of hydrogen-bond donors (Lipinski definition) is 2. The van der Waals surface area contributed by atoms with Gasteiger partial charge in [0.25, 0.3) is 5.91 Å². The van der Waals surface area contributed by atoms with Gasteiger partial charge in [0.15, 0.2) is 11.6 Å². The first kappa shape index (κ1) is 26.5. The van der Waals surface area contributed by atoms with Gasteiger partial charge in [-0.05, 0) is 31.0 Å². The summed E-state index contributed by atoms with van der Waals surface area (Å²) in [5.74, 6) is -2.84. The summed E-state index contributed by atoms with van der Waals surface area (Å²) in [5.41, 5.74) is -0.865. The first-order chi connectivity index (χ1) is 19.1. The van der Waals surface area contributed by atoms with Gasteiger partial charge in [-0.2, -0.15) is 0 Å². The van der Waals surface area contributed by atoms with Crippen LogP contribution in [0.25, 0.3) is 0 Å². The molecule has 2 aliphatic heterocycles. The third-order valence-corrected chi connectivity index (χ3v) is 8.19. The monoisotopic (exact) mass is 571 g/mol. The SMILES string of the molecule is C[C@]1(c2cccc(Cl)c2F)CN(c2ccc(CO)cn2)C(=O)c2cnc(NC3CN(C(=O)[C@@H]4C[C@@H]4F)C3)c(F)c21. The van der Waals surface area contributed by atoms with Gasteiger partial charge in [-0.15, -0.1) is 0 Å². The van der Waals surface area contributed by atoms with Crippen LogP contribution in [0.15, 0.2) is 42.7 Å². The molecule has 40 heavy (non-hydrogen) atoms. The van der Waals surface area contributed by atoms with Gasteiger partial charge < -0.3 is 15.3 Å². The lowest BCUT2D eigenvalue weighted by Gasteiger charge is -2.43. The van der Waals surface area contributed by atoms with E-state index in [9.17, 15) is 19.1 Å². The quantitative estimate of drug-likeness (QED) is 0.466. The summed E-state index contributed by atoms with van der Waals surface area (Å²) in [6.07, 6.45) is 1.81. The minimum absolute atomic E-state index is 0.0371. The Kier molecular flexibility index (Phi) is 6.46. The van der Waals surface area contributed by atoms with Gasteiger partial charge in [0.05, 0.1) is 29.2 Å². The maximum atomic E-state index is 16.3. The molecule has 2 amide bonds. The zero-order valence-electron chi connectivity index (χ0n) is 21.4. The number of nitrogens with zero attached hydrogens (tertiary/aromatic N) is 4. The average Bonchev–Trinajstić information content (AvgIpc) is 3.66. The second-order valence-electron chi connectivity index (χ2n) is 10.7. The largest absolute Gasteiger partial charge is 0.392 e. The number of carbonyl (C=O) groups is 2. The lowest BCUT2D eigenvalue weighted by atomic mass is 9.71. The number of hydrogen-bond acceptors (Lipinski definition) is 6. The van der Waals surface area contributed by atoms with Gasteiger partial charge in [-0.1, -0.05) is 29.8 Å². The maximum absolute atomic E-state index is 16.3. The van der Waals surface area contributed by atoms with Crippen molar-refractivity contribution in [2.24, 2.45) is 5.92 Å². The maximum Gasteiger partial charge on any atom is 0.261 e. The van der Waals surface area contributed by atoms with Crippen LogP contribution in [0.5, 0.6) is 0 Å². The summed E-state index contributed by atoms with van der Waals surface area (Å²) < 4.78 is 45.1. The fourth-order valence-corrected chi connectivity index (χ4v) is 5.68. The number of aliphatic hydroxyl groups is 1. The number of fused-ring (bicyclic) bond motifs is 1. The Hall–Kier alpha value is -3.70. The lowest BCUT2D eigenvalue weighted by Crippen LogP contribution is -2.58. The van der Waals surface area contributed by atoms with Crippen molar-refractivity contribution < 1.29 is 27.9 Å². The number of alkyl halides is 1. The zero-order valence-corrected chi connectivity index (χ0v) is 22.1. The van der Waals surface area contributed by atoms with Gasteiger partial charge in [-0.25, -0.2) is 23.1 Å². The second kappa shape index (κ2) is 9.74. The first-order valence-corrected chi connectivity index (χ1v) is 13.2. The molecule has 0 unspecified atom stereocenters. The van der Waals surface area contributed by atoms with E-state index in [1.165, 1.54) is 34.3 Å². The molecule has 3 aliphatic rings. The average molecular weight is 572 g/mol. The molecule has 3 aromatic rings. The van der Waals surface area contributed by atoms with Crippen molar-refractivity contribution in [1.82, 2.24) is 14.9 Å². The highest BCUT2D eigenvalue weighted by Crippen LogP contribution is 2.45. The molecule has 6 rings (SSSR count). The van der Waals surface area contributed by atoms with Gasteiger partial charge in [-0.3, -0.25) is 14.5 Å². The Morgan fingerprint density at radius 2 is 1.93 bits per heavy atom. The van der Waals surface area contributed by atoms with Gasteiger partial charge >= 0.3 is 0 Å². The predicted molar refractivity (Wildman–Crippen MR) is 141 cm³/mol. The van der Waals surface area contributed by atoms with Crippen LogP contribution in [0.3, 0.4) is 0 Å². The molecule has 2 fully saturated rings. The van der Waals surface area contributed by atoms with E-state index in [-0.39, 0.29) is 78.0 Å². The Morgan fingerprint density at radius 3 is 2.58 bits per heavy atom. The summed E-state index contributed by atoms with van der Waals surface area (Å²) in [6.45, 7) is 1.77. The highest BCUT2D eigenvalue weighted by Gasteiger charge is 2.49. The molecule has 3 atom stereocenters. The standard InChI is InChI=1S/C28H25ClF3N5O3/c1-28(18-3-2-4-19(29)23(18)31)13-37(21-6-5-14(12-38)8-33-21)27(40)17-9-34-25(24(32)22(17)28)35-15-10-36(11-15)26(39)16-7-20(16)30/h2-6,8-9,15-16,20,38H,7,10-13H2,1H3,(H,34,35)/t16-,20+,28-/m1/s1. The van der Waals surface area contributed by atoms with Crippen LogP contribution < -0.4 is 10.2 Å². The van der Waals surface area contributed by atoms with Gasteiger partial charge in [0, 0.05) is 48.6 Å². The van der Waals surface area contributed by atoms with Crippen molar-refractivity contribution in [3.8, 4) is 0 Å². The molecule has 2 aromatic heterocycles. The van der Waals surface area contributed by atoms with E-state index in [1.54, 1.807) is 25.1 Å². The molecule has 208 valence electrons. The van der Waals surface area contributed by atoms with Crippen molar-refractivity contribution in [3.63, 3.8) is 0 Å². The molecule has 1 saturated heterocycles. The number of aromatic nitrogens is 2. The molecule has 0 spiro atoms. The van der Waals surface area contributed by atoms with E-state index < -0.39 is 35.0 Å². The molecule has 1 aromatic carbocycles. The minimum atomic E-state index is -1.40. The normalized spacial score (nSPS) is 24.0. The van der Waals surface area contributed by atoms with Crippen LogP contribution in [0.2, 0.25) is 5.02 Å². The van der Waals surface area contributed by atoms with Gasteiger partial charge in [0.2, 0.25) is 5.91 Å². The summed E-state index contributed by atoms with van der Waals surface area (Å²) in [7, 11) is 0. The van der Waals surface area contributed by atoms with Crippen LogP contribution in [0.4, 0.5) is 24.8 Å². The number of benzene rings is 1. The topological polar surface area (TPSA) is 98.7 Å². The van der Waals surface area contributed by atoms with E-state index in [2.05, 4.69) is 15.3 Å². The number of nitrogens with one attached hydrogen (secondary N) is 1. The third kappa shape index (κ3) is 4.28. The van der Waals surface area contributed by atoms with Crippen LogP contribution in [-0.2, 0) is 16.8 Å². The van der Waals surface area contributed by atoms with E-state index >= 15 is 8.78 Å². The summed E-state index contributed by atoms with van der Waals surface area (Å²) in [6, 6.07) is 7.29. The number of carbonyl (C=O) groups excluding carboxylic acids is 2. The van der Waals surface area contributed by atoms with Crippen LogP contribution in [0.1, 0.15) is 40.4 Å².